The molecule has 0 saturated heterocycles. The minimum Gasteiger partial charge on any atom is -0.459 e. The number of benzene rings is 2. The van der Waals surface area contributed by atoms with Gasteiger partial charge in [0.25, 0.3) is 11.8 Å². The maximum atomic E-state index is 12.9. The zero-order valence-electron chi connectivity index (χ0n) is 16.3. The van der Waals surface area contributed by atoms with Crippen LogP contribution in [-0.2, 0) is 16.0 Å². The second-order valence-electron chi connectivity index (χ2n) is 6.89. The van der Waals surface area contributed by atoms with E-state index in [4.69, 9.17) is 9.15 Å². The van der Waals surface area contributed by atoms with Gasteiger partial charge in [0.15, 0.2) is 11.9 Å². The number of nitrogens with one attached hydrogen (secondary N) is 1. The molecule has 1 aliphatic rings. The van der Waals surface area contributed by atoms with Gasteiger partial charge >= 0.3 is 5.97 Å². The molecule has 2 aromatic carbocycles. The maximum absolute atomic E-state index is 12.9. The highest BCUT2D eigenvalue weighted by Gasteiger charge is 2.30. The maximum Gasteiger partial charge on any atom is 0.341 e. The van der Waals surface area contributed by atoms with E-state index in [1.54, 1.807) is 36.1 Å². The van der Waals surface area contributed by atoms with Crippen molar-refractivity contribution >= 4 is 29.2 Å². The summed E-state index contributed by atoms with van der Waals surface area (Å²) in [5.74, 6) is -1.35. The fourth-order valence-electron chi connectivity index (χ4n) is 3.42. The van der Waals surface area contributed by atoms with Crippen LogP contribution in [0.1, 0.15) is 33.4 Å². The van der Waals surface area contributed by atoms with Crippen LogP contribution in [-0.4, -0.2) is 30.4 Å². The smallest absolute Gasteiger partial charge is 0.341 e. The number of amides is 2. The largest absolute Gasteiger partial charge is 0.459 e. The molecule has 0 bridgehead atoms. The van der Waals surface area contributed by atoms with Crippen LogP contribution in [0.5, 0.6) is 0 Å². The lowest BCUT2D eigenvalue weighted by atomic mass is 10.1. The third-order valence-corrected chi connectivity index (χ3v) is 4.92. The molecule has 0 spiro atoms. The molecule has 2 heterocycles. The molecule has 3 aromatic rings. The third kappa shape index (κ3) is 3.82. The summed E-state index contributed by atoms with van der Waals surface area (Å²) in [6.07, 6.45) is 1.18. The highest BCUT2D eigenvalue weighted by atomic mass is 16.5. The second-order valence-corrected chi connectivity index (χ2v) is 6.89. The number of esters is 1. The summed E-state index contributed by atoms with van der Waals surface area (Å²) in [4.78, 5) is 39.5. The highest BCUT2D eigenvalue weighted by molar-refractivity contribution is 6.07. The summed E-state index contributed by atoms with van der Waals surface area (Å²) in [6, 6.07) is 17.2. The Hall–Kier alpha value is -3.87. The third-order valence-electron chi connectivity index (χ3n) is 4.92. The van der Waals surface area contributed by atoms with Crippen molar-refractivity contribution < 1.29 is 23.5 Å². The number of anilines is 2. The van der Waals surface area contributed by atoms with Gasteiger partial charge in [-0.25, -0.2) is 4.79 Å². The number of nitrogens with zero attached hydrogens (tertiary/aromatic N) is 1. The molecule has 7 nitrogen and oxygen atoms in total. The molecule has 0 radical (unpaired) electrons. The van der Waals surface area contributed by atoms with Crippen molar-refractivity contribution in [3.63, 3.8) is 0 Å². The van der Waals surface area contributed by atoms with Crippen LogP contribution in [0.25, 0.3) is 0 Å². The topological polar surface area (TPSA) is 88.8 Å². The quantitative estimate of drug-likeness (QED) is 0.656. The summed E-state index contributed by atoms with van der Waals surface area (Å²) in [6.45, 7) is 2.10. The van der Waals surface area contributed by atoms with Crippen molar-refractivity contribution in [2.75, 3.05) is 16.8 Å². The van der Waals surface area contributed by atoms with Crippen LogP contribution < -0.4 is 10.2 Å². The summed E-state index contributed by atoms with van der Waals surface area (Å²) in [5.41, 5.74) is 2.36. The molecule has 0 aliphatic carbocycles. The van der Waals surface area contributed by atoms with E-state index in [0.29, 0.717) is 6.54 Å². The SMILES string of the molecule is C[C@H](OC(=O)c1ccccc1NC(=O)c1ccco1)C(=O)N1CCc2ccccc21. The first-order valence-corrected chi connectivity index (χ1v) is 9.59. The van der Waals surface area contributed by atoms with Gasteiger partial charge in [-0.05, 0) is 49.2 Å². The normalized spacial score (nSPS) is 13.4. The fourth-order valence-corrected chi connectivity index (χ4v) is 3.42. The molecular formula is C23H20N2O5. The van der Waals surface area contributed by atoms with Crippen molar-refractivity contribution in [1.29, 1.82) is 0 Å². The van der Waals surface area contributed by atoms with E-state index in [1.165, 1.54) is 18.4 Å². The zero-order valence-corrected chi connectivity index (χ0v) is 16.3. The van der Waals surface area contributed by atoms with Crippen LogP contribution in [0.4, 0.5) is 11.4 Å². The van der Waals surface area contributed by atoms with Gasteiger partial charge in [0, 0.05) is 12.2 Å². The number of furan rings is 1. The van der Waals surface area contributed by atoms with E-state index < -0.39 is 18.0 Å². The van der Waals surface area contributed by atoms with Gasteiger partial charge in [-0.15, -0.1) is 0 Å². The van der Waals surface area contributed by atoms with Crippen molar-refractivity contribution in [3.05, 3.63) is 83.8 Å². The molecule has 1 N–H and O–H groups in total. The van der Waals surface area contributed by atoms with E-state index in [1.807, 2.05) is 24.3 Å². The summed E-state index contributed by atoms with van der Waals surface area (Å²) < 4.78 is 10.5. The number of fused-ring (bicyclic) bond motifs is 1. The molecule has 1 aromatic heterocycles. The van der Waals surface area contributed by atoms with Crippen molar-refractivity contribution in [3.8, 4) is 0 Å². The van der Waals surface area contributed by atoms with Gasteiger partial charge in [-0.1, -0.05) is 30.3 Å². The van der Waals surface area contributed by atoms with Crippen LogP contribution >= 0.6 is 0 Å². The van der Waals surface area contributed by atoms with Gasteiger partial charge in [0.1, 0.15) is 0 Å². The Morgan fingerprint density at radius 1 is 1.03 bits per heavy atom. The molecule has 7 heteroatoms. The summed E-state index contributed by atoms with van der Waals surface area (Å²) in [7, 11) is 0. The predicted octanol–water partition coefficient (Wildman–Crippen LogP) is 3.67. The molecule has 0 saturated carbocycles. The Bertz CT molecular complexity index is 1090. The van der Waals surface area contributed by atoms with E-state index >= 15 is 0 Å². The lowest BCUT2D eigenvalue weighted by Crippen LogP contribution is -2.39. The Morgan fingerprint density at radius 2 is 1.80 bits per heavy atom. The van der Waals surface area contributed by atoms with Crippen LogP contribution in [0.3, 0.4) is 0 Å². The van der Waals surface area contributed by atoms with E-state index in [-0.39, 0.29) is 22.9 Å². The van der Waals surface area contributed by atoms with Crippen LogP contribution in [0, 0.1) is 0 Å². The fraction of sp³-hybridized carbons (Fsp3) is 0.174. The highest BCUT2D eigenvalue weighted by Crippen LogP contribution is 2.28. The number of hydrogen-bond acceptors (Lipinski definition) is 5. The zero-order chi connectivity index (χ0) is 21.1. The number of ether oxygens (including phenoxy) is 1. The molecule has 1 atom stereocenters. The monoisotopic (exact) mass is 404 g/mol. The molecule has 2 amide bonds. The average molecular weight is 404 g/mol. The van der Waals surface area contributed by atoms with Gasteiger partial charge in [-0.3, -0.25) is 9.59 Å². The van der Waals surface area contributed by atoms with Gasteiger partial charge in [0.05, 0.1) is 17.5 Å². The van der Waals surface area contributed by atoms with Crippen molar-refractivity contribution in [2.45, 2.75) is 19.4 Å². The van der Waals surface area contributed by atoms with E-state index in [9.17, 15) is 14.4 Å². The van der Waals surface area contributed by atoms with Crippen LogP contribution in [0.15, 0.2) is 71.3 Å². The molecule has 0 unspecified atom stereocenters. The van der Waals surface area contributed by atoms with Gasteiger partial charge in [0.2, 0.25) is 0 Å². The molecule has 4 rings (SSSR count). The molecule has 0 fully saturated rings. The Labute approximate surface area is 173 Å². The number of carbonyl (C=O) groups excluding carboxylic acids is 3. The molecule has 152 valence electrons. The second kappa shape index (κ2) is 8.24. The Morgan fingerprint density at radius 3 is 2.60 bits per heavy atom. The minimum atomic E-state index is -0.975. The number of hydrogen-bond donors (Lipinski definition) is 1. The number of rotatable bonds is 5. The summed E-state index contributed by atoms with van der Waals surface area (Å²) >= 11 is 0. The first kappa shape index (κ1) is 19.4. The lowest BCUT2D eigenvalue weighted by molar-refractivity contribution is -0.126. The standard InChI is InChI=1S/C23H20N2O5/c1-15(22(27)25-13-12-16-7-2-5-10-19(16)25)30-23(28)17-8-3-4-9-18(17)24-21(26)20-11-6-14-29-20/h2-11,14-15H,12-13H2,1H3,(H,24,26)/t15-/m0/s1. The Balaban J connectivity index is 1.46. The van der Waals surface area contributed by atoms with E-state index in [0.717, 1.165) is 17.7 Å². The van der Waals surface area contributed by atoms with Gasteiger partial charge in [-0.2, -0.15) is 0 Å². The number of para-hydroxylation sites is 2. The molecule has 1 aliphatic heterocycles. The first-order chi connectivity index (χ1) is 14.5. The van der Waals surface area contributed by atoms with E-state index in [2.05, 4.69) is 5.32 Å². The predicted molar refractivity (Wildman–Crippen MR) is 110 cm³/mol. The number of carbonyl (C=O) groups is 3. The minimum absolute atomic E-state index is 0.120. The summed E-state index contributed by atoms with van der Waals surface area (Å²) in [5, 5.41) is 2.64. The Kier molecular flexibility index (Phi) is 5.34. The first-order valence-electron chi connectivity index (χ1n) is 9.59. The average Bonchev–Trinajstić information content (AvgIpc) is 3.43. The van der Waals surface area contributed by atoms with Crippen LogP contribution in [0.2, 0.25) is 0 Å². The van der Waals surface area contributed by atoms with Crippen molar-refractivity contribution in [1.82, 2.24) is 0 Å². The molecular weight excluding hydrogens is 384 g/mol. The lowest BCUT2D eigenvalue weighted by Gasteiger charge is -2.22. The van der Waals surface area contributed by atoms with Crippen molar-refractivity contribution in [2.24, 2.45) is 0 Å². The van der Waals surface area contributed by atoms with Gasteiger partial charge < -0.3 is 19.4 Å². The molecule has 30 heavy (non-hydrogen) atoms.